The van der Waals surface area contributed by atoms with Gasteiger partial charge in [-0.05, 0) is 37.5 Å². The van der Waals surface area contributed by atoms with Crippen LogP contribution in [0, 0.1) is 12.7 Å². The van der Waals surface area contributed by atoms with Crippen molar-refractivity contribution >= 4 is 5.91 Å². The lowest BCUT2D eigenvalue weighted by Gasteiger charge is -2.22. The Morgan fingerprint density at radius 1 is 1.44 bits per heavy atom. The maximum atomic E-state index is 13.3. The van der Waals surface area contributed by atoms with Crippen molar-refractivity contribution < 1.29 is 14.3 Å². The molecular weight excluding hydrogens is 233 g/mol. The minimum absolute atomic E-state index is 0.237. The van der Waals surface area contributed by atoms with E-state index >= 15 is 0 Å². The number of rotatable bonds is 3. The summed E-state index contributed by atoms with van der Waals surface area (Å²) >= 11 is 0. The van der Waals surface area contributed by atoms with Gasteiger partial charge < -0.3 is 10.4 Å². The fraction of sp³-hybridized carbons (Fsp3) is 0.500. The van der Waals surface area contributed by atoms with E-state index in [-0.39, 0.29) is 18.3 Å². The Hall–Kier alpha value is -1.42. The summed E-state index contributed by atoms with van der Waals surface area (Å²) in [4.78, 5) is 11.8. The average molecular weight is 251 g/mol. The van der Waals surface area contributed by atoms with Crippen molar-refractivity contribution in [1.82, 2.24) is 5.32 Å². The summed E-state index contributed by atoms with van der Waals surface area (Å²) in [5.74, 6) is -0.726. The predicted molar refractivity (Wildman–Crippen MR) is 66.9 cm³/mol. The van der Waals surface area contributed by atoms with Gasteiger partial charge in [-0.1, -0.05) is 18.9 Å². The van der Waals surface area contributed by atoms with Gasteiger partial charge in [0.2, 0.25) is 0 Å². The maximum absolute atomic E-state index is 13.3. The maximum Gasteiger partial charge on any atom is 0.251 e. The van der Waals surface area contributed by atoms with Crippen molar-refractivity contribution in [3.63, 3.8) is 0 Å². The molecule has 0 heterocycles. The van der Waals surface area contributed by atoms with E-state index in [0.717, 1.165) is 25.7 Å². The molecule has 0 saturated heterocycles. The Morgan fingerprint density at radius 2 is 2.11 bits per heavy atom. The monoisotopic (exact) mass is 251 g/mol. The molecule has 2 N–H and O–H groups in total. The lowest BCUT2D eigenvalue weighted by atomic mass is 10.0. The SMILES string of the molecule is Cc1ccc(C(=O)NCC2(O)CCCC2)cc1F. The van der Waals surface area contributed by atoms with E-state index in [1.165, 1.54) is 6.07 Å². The highest BCUT2D eigenvalue weighted by molar-refractivity contribution is 5.94. The molecule has 0 unspecified atom stereocenters. The minimum Gasteiger partial charge on any atom is -0.388 e. The number of benzene rings is 1. The van der Waals surface area contributed by atoms with Crippen LogP contribution < -0.4 is 5.32 Å². The van der Waals surface area contributed by atoms with Crippen molar-refractivity contribution in [3.05, 3.63) is 35.1 Å². The molecular formula is C14H18FNO2. The van der Waals surface area contributed by atoms with E-state index in [9.17, 15) is 14.3 Å². The van der Waals surface area contributed by atoms with Gasteiger partial charge in [-0.3, -0.25) is 4.79 Å². The summed E-state index contributed by atoms with van der Waals surface area (Å²) in [7, 11) is 0. The number of aryl methyl sites for hydroxylation is 1. The van der Waals surface area contributed by atoms with Gasteiger partial charge in [0, 0.05) is 12.1 Å². The molecule has 4 heteroatoms. The van der Waals surface area contributed by atoms with E-state index in [1.807, 2.05) is 0 Å². The number of halogens is 1. The van der Waals surface area contributed by atoms with Crippen LogP contribution in [0.3, 0.4) is 0 Å². The normalized spacial score (nSPS) is 17.7. The second kappa shape index (κ2) is 5.06. The highest BCUT2D eigenvalue weighted by atomic mass is 19.1. The zero-order chi connectivity index (χ0) is 13.2. The second-order valence-corrected chi connectivity index (χ2v) is 5.08. The molecule has 2 rings (SSSR count). The van der Waals surface area contributed by atoms with E-state index in [0.29, 0.717) is 11.1 Å². The van der Waals surface area contributed by atoms with E-state index < -0.39 is 5.60 Å². The standard InChI is InChI=1S/C14H18FNO2/c1-10-4-5-11(8-12(10)15)13(17)16-9-14(18)6-2-3-7-14/h4-5,8,18H,2-3,6-7,9H2,1H3,(H,16,17). The number of aliphatic hydroxyl groups is 1. The molecule has 1 aliphatic carbocycles. The molecule has 1 aliphatic rings. The predicted octanol–water partition coefficient (Wildman–Crippen LogP) is 2.17. The summed E-state index contributed by atoms with van der Waals surface area (Å²) in [6, 6.07) is 4.39. The smallest absolute Gasteiger partial charge is 0.251 e. The number of nitrogens with one attached hydrogen (secondary N) is 1. The Morgan fingerprint density at radius 3 is 2.72 bits per heavy atom. The topological polar surface area (TPSA) is 49.3 Å². The first-order chi connectivity index (χ1) is 8.50. The molecule has 1 saturated carbocycles. The van der Waals surface area contributed by atoms with Gasteiger partial charge in [0.25, 0.3) is 5.91 Å². The number of carbonyl (C=O) groups excluding carboxylic acids is 1. The summed E-state index contributed by atoms with van der Waals surface area (Å²) < 4.78 is 13.3. The molecule has 3 nitrogen and oxygen atoms in total. The third-order valence-corrected chi connectivity index (χ3v) is 3.55. The van der Waals surface area contributed by atoms with Gasteiger partial charge in [-0.2, -0.15) is 0 Å². The highest BCUT2D eigenvalue weighted by Crippen LogP contribution is 2.28. The third-order valence-electron chi connectivity index (χ3n) is 3.55. The van der Waals surface area contributed by atoms with Crippen LogP contribution >= 0.6 is 0 Å². The molecule has 98 valence electrons. The van der Waals surface area contributed by atoms with Gasteiger partial charge in [0.1, 0.15) is 5.82 Å². The molecule has 0 aliphatic heterocycles. The summed E-state index contributed by atoms with van der Waals surface area (Å²) in [5, 5.41) is 12.8. The van der Waals surface area contributed by atoms with Crippen molar-refractivity contribution in [1.29, 1.82) is 0 Å². The zero-order valence-corrected chi connectivity index (χ0v) is 10.5. The molecule has 1 aromatic rings. The Kier molecular flexibility index (Phi) is 3.66. The number of carbonyl (C=O) groups is 1. The molecule has 0 bridgehead atoms. The molecule has 1 aromatic carbocycles. The lowest BCUT2D eigenvalue weighted by Crippen LogP contribution is -2.40. The molecule has 0 radical (unpaired) electrons. The van der Waals surface area contributed by atoms with Gasteiger partial charge in [0.15, 0.2) is 0 Å². The molecule has 1 amide bonds. The second-order valence-electron chi connectivity index (χ2n) is 5.08. The average Bonchev–Trinajstić information content (AvgIpc) is 2.77. The van der Waals surface area contributed by atoms with Crippen LogP contribution in [0.5, 0.6) is 0 Å². The van der Waals surface area contributed by atoms with Crippen LogP contribution in [0.4, 0.5) is 4.39 Å². The van der Waals surface area contributed by atoms with Gasteiger partial charge >= 0.3 is 0 Å². The van der Waals surface area contributed by atoms with Gasteiger partial charge in [-0.25, -0.2) is 4.39 Å². The van der Waals surface area contributed by atoms with Crippen LogP contribution in [0.15, 0.2) is 18.2 Å². The first-order valence-electron chi connectivity index (χ1n) is 6.27. The molecule has 1 fully saturated rings. The molecule has 0 atom stereocenters. The van der Waals surface area contributed by atoms with E-state index in [4.69, 9.17) is 0 Å². The number of amides is 1. The number of hydrogen-bond donors (Lipinski definition) is 2. The molecule has 0 spiro atoms. The van der Waals surface area contributed by atoms with Crippen molar-refractivity contribution in [3.8, 4) is 0 Å². The van der Waals surface area contributed by atoms with Crippen molar-refractivity contribution in [2.75, 3.05) is 6.54 Å². The zero-order valence-electron chi connectivity index (χ0n) is 10.5. The largest absolute Gasteiger partial charge is 0.388 e. The van der Waals surface area contributed by atoms with Crippen LogP contribution in [0.1, 0.15) is 41.6 Å². The molecule has 18 heavy (non-hydrogen) atoms. The summed E-state index contributed by atoms with van der Waals surface area (Å²) in [5.41, 5.74) is 0.0273. The van der Waals surface area contributed by atoms with Gasteiger partial charge in [-0.15, -0.1) is 0 Å². The third kappa shape index (κ3) is 2.88. The lowest BCUT2D eigenvalue weighted by molar-refractivity contribution is 0.0449. The Bertz CT molecular complexity index is 453. The Labute approximate surface area is 106 Å². The minimum atomic E-state index is -0.779. The first-order valence-corrected chi connectivity index (χ1v) is 6.27. The highest BCUT2D eigenvalue weighted by Gasteiger charge is 2.31. The van der Waals surface area contributed by atoms with Crippen LogP contribution in [0.2, 0.25) is 0 Å². The summed E-state index contributed by atoms with van der Waals surface area (Å²) in [6.45, 7) is 1.89. The molecule has 0 aromatic heterocycles. The quantitative estimate of drug-likeness (QED) is 0.865. The van der Waals surface area contributed by atoms with Crippen molar-refractivity contribution in [2.24, 2.45) is 0 Å². The Balaban J connectivity index is 1.97. The van der Waals surface area contributed by atoms with E-state index in [2.05, 4.69) is 5.32 Å². The van der Waals surface area contributed by atoms with Crippen LogP contribution in [-0.2, 0) is 0 Å². The van der Waals surface area contributed by atoms with Crippen LogP contribution in [0.25, 0.3) is 0 Å². The van der Waals surface area contributed by atoms with Crippen LogP contribution in [-0.4, -0.2) is 23.2 Å². The summed E-state index contributed by atoms with van der Waals surface area (Å²) in [6.07, 6.45) is 3.42. The first kappa shape index (κ1) is 13.0. The van der Waals surface area contributed by atoms with Crippen molar-refractivity contribution in [2.45, 2.75) is 38.2 Å². The van der Waals surface area contributed by atoms with E-state index in [1.54, 1.807) is 19.1 Å². The van der Waals surface area contributed by atoms with Gasteiger partial charge in [0.05, 0.1) is 5.60 Å². The fourth-order valence-electron chi connectivity index (χ4n) is 2.29. The number of hydrogen-bond acceptors (Lipinski definition) is 2. The fourth-order valence-corrected chi connectivity index (χ4v) is 2.29.